The lowest BCUT2D eigenvalue weighted by molar-refractivity contribution is -0.0356. The molecule has 4 atom stereocenters. The largest absolute Gasteiger partial charge is 0.390 e. The van der Waals surface area contributed by atoms with E-state index in [1.807, 2.05) is 12.1 Å². The van der Waals surface area contributed by atoms with Gasteiger partial charge in [0.2, 0.25) is 0 Å². The lowest BCUT2D eigenvalue weighted by Crippen LogP contribution is -2.51. The van der Waals surface area contributed by atoms with Crippen LogP contribution in [0.4, 0.5) is 0 Å². The Labute approximate surface area is 118 Å². The van der Waals surface area contributed by atoms with Crippen molar-refractivity contribution < 1.29 is 10.2 Å². The van der Waals surface area contributed by atoms with Crippen molar-refractivity contribution >= 4 is 10.8 Å². The van der Waals surface area contributed by atoms with Crippen molar-refractivity contribution in [3.05, 3.63) is 47.5 Å². The highest BCUT2D eigenvalue weighted by atomic mass is 16.3. The van der Waals surface area contributed by atoms with Gasteiger partial charge in [-0.2, -0.15) is 0 Å². The van der Waals surface area contributed by atoms with E-state index in [9.17, 15) is 10.2 Å². The van der Waals surface area contributed by atoms with E-state index in [1.54, 1.807) is 0 Å². The first-order valence-electron chi connectivity index (χ1n) is 7.36. The van der Waals surface area contributed by atoms with Crippen molar-refractivity contribution in [1.82, 2.24) is 5.32 Å². The number of aliphatic hydroxyl groups excluding tert-OH is 2. The molecule has 3 N–H and O–H groups in total. The van der Waals surface area contributed by atoms with Crippen LogP contribution < -0.4 is 5.32 Å². The second-order valence-electron chi connectivity index (χ2n) is 6.01. The van der Waals surface area contributed by atoms with E-state index in [0.29, 0.717) is 6.42 Å². The summed E-state index contributed by atoms with van der Waals surface area (Å²) < 4.78 is 0. The number of benzene rings is 2. The molecule has 0 saturated heterocycles. The first-order chi connectivity index (χ1) is 9.75. The predicted molar refractivity (Wildman–Crippen MR) is 78.6 cm³/mol. The maximum absolute atomic E-state index is 10.5. The summed E-state index contributed by atoms with van der Waals surface area (Å²) in [6, 6.07) is 12.9. The Bertz CT molecular complexity index is 654. The summed E-state index contributed by atoms with van der Waals surface area (Å²) in [7, 11) is 0. The number of fused-ring (bicyclic) bond motifs is 5. The molecule has 0 radical (unpaired) electrons. The molecule has 0 bridgehead atoms. The smallest absolute Gasteiger partial charge is 0.0882 e. The molecule has 0 unspecified atom stereocenters. The van der Waals surface area contributed by atoms with E-state index in [4.69, 9.17) is 0 Å². The summed E-state index contributed by atoms with van der Waals surface area (Å²) in [5.41, 5.74) is 2.48. The van der Waals surface area contributed by atoms with E-state index in [-0.39, 0.29) is 12.0 Å². The Morgan fingerprint density at radius 3 is 2.75 bits per heavy atom. The molecule has 4 rings (SSSR count). The van der Waals surface area contributed by atoms with Crippen LogP contribution in [0.15, 0.2) is 36.4 Å². The monoisotopic (exact) mass is 269 g/mol. The third kappa shape index (κ3) is 1.71. The molecule has 104 valence electrons. The number of rotatable bonds is 0. The first kappa shape index (κ1) is 12.3. The number of hydrogen-bond donors (Lipinski definition) is 3. The van der Waals surface area contributed by atoms with Gasteiger partial charge < -0.3 is 15.5 Å². The minimum Gasteiger partial charge on any atom is -0.390 e. The van der Waals surface area contributed by atoms with Gasteiger partial charge >= 0.3 is 0 Å². The Hall–Kier alpha value is -1.42. The Morgan fingerprint density at radius 1 is 1.00 bits per heavy atom. The van der Waals surface area contributed by atoms with Crippen LogP contribution in [0.25, 0.3) is 10.8 Å². The van der Waals surface area contributed by atoms with E-state index in [2.05, 4.69) is 29.6 Å². The van der Waals surface area contributed by atoms with Crippen molar-refractivity contribution in [2.75, 3.05) is 0 Å². The minimum atomic E-state index is -0.675. The quantitative estimate of drug-likeness (QED) is 0.685. The maximum Gasteiger partial charge on any atom is 0.0882 e. The maximum atomic E-state index is 10.5. The molecular formula is C17H19NO2. The Balaban J connectivity index is 1.94. The van der Waals surface area contributed by atoms with Crippen molar-refractivity contribution in [1.29, 1.82) is 0 Å². The van der Waals surface area contributed by atoms with Crippen molar-refractivity contribution in [3.63, 3.8) is 0 Å². The van der Waals surface area contributed by atoms with Gasteiger partial charge in [-0.05, 0) is 34.7 Å². The molecule has 1 heterocycles. The molecular weight excluding hydrogens is 250 g/mol. The lowest BCUT2D eigenvalue weighted by atomic mass is 9.71. The van der Waals surface area contributed by atoms with Gasteiger partial charge in [0, 0.05) is 18.5 Å². The third-order valence-corrected chi connectivity index (χ3v) is 4.92. The fourth-order valence-electron chi connectivity index (χ4n) is 3.91. The second-order valence-corrected chi connectivity index (χ2v) is 6.01. The standard InChI is InChI=1S/C17H19NO2/c19-14-8-7-13-16(17(14)20)15-11(9-18-13)6-5-10-3-1-2-4-12(10)15/h1-6,13-14,16-20H,7-9H2/t13-,14-,16+,17-/m0/s1. The molecule has 1 aliphatic heterocycles. The molecule has 1 saturated carbocycles. The predicted octanol–water partition coefficient (Wildman–Crippen LogP) is 1.91. The van der Waals surface area contributed by atoms with E-state index >= 15 is 0 Å². The summed E-state index contributed by atoms with van der Waals surface area (Å²) >= 11 is 0. The second kappa shape index (κ2) is 4.55. The zero-order valence-electron chi connectivity index (χ0n) is 11.3. The highest BCUT2D eigenvalue weighted by molar-refractivity contribution is 5.87. The van der Waals surface area contributed by atoms with Gasteiger partial charge in [0.15, 0.2) is 0 Å². The molecule has 20 heavy (non-hydrogen) atoms. The molecule has 2 aliphatic rings. The van der Waals surface area contributed by atoms with Gasteiger partial charge in [0.1, 0.15) is 0 Å². The van der Waals surface area contributed by atoms with Crippen LogP contribution in [0.1, 0.15) is 29.9 Å². The fraction of sp³-hybridized carbons (Fsp3) is 0.412. The number of aliphatic hydroxyl groups is 2. The highest BCUT2D eigenvalue weighted by Crippen LogP contribution is 2.41. The summed E-state index contributed by atoms with van der Waals surface area (Å²) in [6.45, 7) is 0.851. The normalized spacial score (nSPS) is 32.7. The highest BCUT2D eigenvalue weighted by Gasteiger charge is 2.42. The molecule has 1 aliphatic carbocycles. The Morgan fingerprint density at radius 2 is 1.85 bits per heavy atom. The van der Waals surface area contributed by atoms with Gasteiger partial charge in [0.25, 0.3) is 0 Å². The van der Waals surface area contributed by atoms with Crippen molar-refractivity contribution in [2.24, 2.45) is 0 Å². The Kier molecular flexibility index (Phi) is 2.81. The molecule has 2 aromatic carbocycles. The van der Waals surface area contributed by atoms with Gasteiger partial charge in [-0.25, -0.2) is 0 Å². The van der Waals surface area contributed by atoms with Crippen LogP contribution in [0, 0.1) is 0 Å². The SMILES string of the molecule is O[C@@H]1[C@H]2c3c(ccc4ccccc34)CN[C@H]2CC[C@@H]1O. The molecule has 1 fully saturated rings. The van der Waals surface area contributed by atoms with Crippen LogP contribution in [-0.2, 0) is 6.54 Å². The van der Waals surface area contributed by atoms with E-state index < -0.39 is 12.2 Å². The average molecular weight is 269 g/mol. The number of nitrogens with one attached hydrogen (secondary N) is 1. The molecule has 0 spiro atoms. The van der Waals surface area contributed by atoms with Crippen LogP contribution in [0.3, 0.4) is 0 Å². The molecule has 3 nitrogen and oxygen atoms in total. The van der Waals surface area contributed by atoms with Gasteiger partial charge in [0.05, 0.1) is 12.2 Å². The van der Waals surface area contributed by atoms with E-state index in [0.717, 1.165) is 13.0 Å². The summed E-state index contributed by atoms with van der Waals surface area (Å²) in [5.74, 6) is -0.00593. The van der Waals surface area contributed by atoms with Gasteiger partial charge in [-0.3, -0.25) is 0 Å². The fourth-order valence-corrected chi connectivity index (χ4v) is 3.91. The first-order valence-corrected chi connectivity index (χ1v) is 7.36. The number of hydrogen-bond acceptors (Lipinski definition) is 3. The summed E-state index contributed by atoms with van der Waals surface area (Å²) in [5, 5.41) is 26.5. The van der Waals surface area contributed by atoms with Gasteiger partial charge in [-0.15, -0.1) is 0 Å². The van der Waals surface area contributed by atoms with E-state index in [1.165, 1.54) is 21.9 Å². The molecule has 2 aromatic rings. The third-order valence-electron chi connectivity index (χ3n) is 4.92. The van der Waals surface area contributed by atoms with Gasteiger partial charge in [-0.1, -0.05) is 36.4 Å². The molecule has 0 aromatic heterocycles. The van der Waals surface area contributed by atoms with Crippen molar-refractivity contribution in [2.45, 2.75) is 43.6 Å². The van der Waals surface area contributed by atoms with Crippen LogP contribution in [0.5, 0.6) is 0 Å². The minimum absolute atomic E-state index is 0.00593. The molecule has 0 amide bonds. The zero-order chi connectivity index (χ0) is 13.7. The van der Waals surface area contributed by atoms with Crippen molar-refractivity contribution in [3.8, 4) is 0 Å². The van der Waals surface area contributed by atoms with Crippen LogP contribution >= 0.6 is 0 Å². The summed E-state index contributed by atoms with van der Waals surface area (Å²) in [4.78, 5) is 0. The van der Waals surface area contributed by atoms with Crippen LogP contribution in [0.2, 0.25) is 0 Å². The molecule has 3 heteroatoms. The van der Waals surface area contributed by atoms with Crippen LogP contribution in [-0.4, -0.2) is 28.5 Å². The summed E-state index contributed by atoms with van der Waals surface area (Å²) in [6.07, 6.45) is 0.315. The zero-order valence-corrected chi connectivity index (χ0v) is 11.3. The topological polar surface area (TPSA) is 52.5 Å². The average Bonchev–Trinajstić information content (AvgIpc) is 2.50. The lowest BCUT2D eigenvalue weighted by Gasteiger charge is -2.43.